The van der Waals surface area contributed by atoms with E-state index in [-0.39, 0.29) is 12.5 Å². The predicted octanol–water partition coefficient (Wildman–Crippen LogP) is 2.38. The Labute approximate surface area is 123 Å². The maximum atomic E-state index is 12.3. The van der Waals surface area contributed by atoms with E-state index in [4.69, 9.17) is 5.11 Å². The molecule has 0 spiro atoms. The predicted molar refractivity (Wildman–Crippen MR) is 82.0 cm³/mol. The third-order valence-corrected chi connectivity index (χ3v) is 2.82. The van der Waals surface area contributed by atoms with Crippen molar-refractivity contribution in [3.8, 4) is 11.8 Å². The minimum Gasteiger partial charge on any atom is -0.395 e. The van der Waals surface area contributed by atoms with Gasteiger partial charge in [0, 0.05) is 30.1 Å². The summed E-state index contributed by atoms with van der Waals surface area (Å²) >= 11 is 0. The van der Waals surface area contributed by atoms with Gasteiger partial charge in [-0.2, -0.15) is 0 Å². The van der Waals surface area contributed by atoms with Crippen molar-refractivity contribution >= 4 is 11.6 Å². The number of aryl methyl sites for hydroxylation is 1. The van der Waals surface area contributed by atoms with E-state index in [1.165, 1.54) is 0 Å². The van der Waals surface area contributed by atoms with Crippen LogP contribution in [0.3, 0.4) is 0 Å². The van der Waals surface area contributed by atoms with Gasteiger partial charge >= 0.3 is 0 Å². The Hall–Kier alpha value is -2.64. The number of amides is 1. The fourth-order valence-corrected chi connectivity index (χ4v) is 1.81. The zero-order valence-corrected chi connectivity index (χ0v) is 11.8. The number of aromatic nitrogens is 1. The Bertz CT molecular complexity index is 685. The van der Waals surface area contributed by atoms with Crippen LogP contribution < -0.4 is 5.32 Å². The molecule has 2 N–H and O–H groups in total. The average molecular weight is 280 g/mol. The van der Waals surface area contributed by atoms with Crippen molar-refractivity contribution in [2.24, 2.45) is 0 Å². The molecule has 1 heterocycles. The van der Waals surface area contributed by atoms with E-state index >= 15 is 0 Å². The lowest BCUT2D eigenvalue weighted by molar-refractivity contribution is 0.102. The van der Waals surface area contributed by atoms with Crippen LogP contribution in [0.2, 0.25) is 0 Å². The average Bonchev–Trinajstić information content (AvgIpc) is 2.48. The summed E-state index contributed by atoms with van der Waals surface area (Å²) < 4.78 is 0. The van der Waals surface area contributed by atoms with Crippen LogP contribution in [-0.4, -0.2) is 22.6 Å². The van der Waals surface area contributed by atoms with E-state index in [0.29, 0.717) is 23.2 Å². The van der Waals surface area contributed by atoms with Crippen LogP contribution in [0.4, 0.5) is 5.69 Å². The highest BCUT2D eigenvalue weighted by Crippen LogP contribution is 2.14. The lowest BCUT2D eigenvalue weighted by atomic mass is 10.0. The first-order valence-corrected chi connectivity index (χ1v) is 6.62. The van der Waals surface area contributed by atoms with Crippen LogP contribution >= 0.6 is 0 Å². The number of anilines is 1. The molecule has 1 amide bonds. The molecular weight excluding hydrogens is 264 g/mol. The smallest absolute Gasteiger partial charge is 0.256 e. The largest absolute Gasteiger partial charge is 0.395 e. The lowest BCUT2D eigenvalue weighted by Gasteiger charge is -2.07. The van der Waals surface area contributed by atoms with Crippen molar-refractivity contribution in [3.63, 3.8) is 0 Å². The second-order valence-corrected chi connectivity index (χ2v) is 4.51. The van der Waals surface area contributed by atoms with Gasteiger partial charge in [0.1, 0.15) is 0 Å². The molecule has 0 aliphatic rings. The van der Waals surface area contributed by atoms with E-state index in [2.05, 4.69) is 22.1 Å². The van der Waals surface area contributed by atoms with Gasteiger partial charge in [0.15, 0.2) is 0 Å². The van der Waals surface area contributed by atoms with Crippen molar-refractivity contribution in [1.82, 2.24) is 4.98 Å². The Balaban J connectivity index is 2.26. The van der Waals surface area contributed by atoms with E-state index in [1.807, 2.05) is 19.1 Å². The minimum atomic E-state index is -0.213. The summed E-state index contributed by atoms with van der Waals surface area (Å²) in [5, 5.41) is 11.6. The third-order valence-electron chi connectivity index (χ3n) is 2.82. The molecule has 2 aromatic rings. The van der Waals surface area contributed by atoms with Gasteiger partial charge in [-0.05, 0) is 36.8 Å². The zero-order valence-electron chi connectivity index (χ0n) is 11.8. The van der Waals surface area contributed by atoms with Crippen LogP contribution in [0.25, 0.3) is 0 Å². The summed E-state index contributed by atoms with van der Waals surface area (Å²) in [6, 6.07) is 8.95. The first-order chi connectivity index (χ1) is 10.2. The standard InChI is InChI=1S/C17H16N2O2/c1-13-5-6-16(14(12-13)4-2-3-11-20)17(21)19-15-7-9-18-10-8-15/h5-10,12,20H,3,11H2,1H3,(H,18,19,21). The molecule has 21 heavy (non-hydrogen) atoms. The molecule has 0 atom stereocenters. The summed E-state index contributed by atoms with van der Waals surface area (Å²) in [5.41, 5.74) is 2.89. The summed E-state index contributed by atoms with van der Waals surface area (Å²) in [6.07, 6.45) is 3.62. The second kappa shape index (κ2) is 7.22. The number of nitrogens with one attached hydrogen (secondary N) is 1. The Kier molecular flexibility index (Phi) is 5.08. The molecule has 2 rings (SSSR count). The van der Waals surface area contributed by atoms with Crippen LogP contribution in [0.5, 0.6) is 0 Å². The van der Waals surface area contributed by atoms with Gasteiger partial charge in [-0.3, -0.25) is 9.78 Å². The molecular formula is C17H16N2O2. The molecule has 0 unspecified atom stereocenters. The normalized spacial score (nSPS) is 9.62. The van der Waals surface area contributed by atoms with Crippen LogP contribution in [0.15, 0.2) is 42.7 Å². The zero-order chi connectivity index (χ0) is 15.1. The van der Waals surface area contributed by atoms with E-state index in [1.54, 1.807) is 30.6 Å². The number of aliphatic hydroxyl groups is 1. The van der Waals surface area contributed by atoms with Gasteiger partial charge in [0.05, 0.1) is 12.2 Å². The van der Waals surface area contributed by atoms with E-state index in [0.717, 1.165) is 5.56 Å². The van der Waals surface area contributed by atoms with Crippen LogP contribution in [-0.2, 0) is 0 Å². The second-order valence-electron chi connectivity index (χ2n) is 4.51. The molecule has 4 nitrogen and oxygen atoms in total. The number of hydrogen-bond acceptors (Lipinski definition) is 3. The molecule has 0 aliphatic heterocycles. The molecule has 0 fully saturated rings. The summed E-state index contributed by atoms with van der Waals surface area (Å²) in [7, 11) is 0. The molecule has 4 heteroatoms. The van der Waals surface area contributed by atoms with Crippen LogP contribution in [0.1, 0.15) is 27.9 Å². The highest BCUT2D eigenvalue weighted by atomic mass is 16.2. The first kappa shape index (κ1) is 14.8. The summed E-state index contributed by atoms with van der Waals surface area (Å²) in [6.45, 7) is 1.96. The van der Waals surface area contributed by atoms with Gasteiger partial charge in [-0.1, -0.05) is 17.9 Å². The van der Waals surface area contributed by atoms with Crippen LogP contribution in [0, 0.1) is 18.8 Å². The Morgan fingerprint density at radius 1 is 1.29 bits per heavy atom. The lowest BCUT2D eigenvalue weighted by Crippen LogP contribution is -2.13. The van der Waals surface area contributed by atoms with Crippen molar-refractivity contribution in [3.05, 3.63) is 59.4 Å². The third kappa shape index (κ3) is 4.16. The van der Waals surface area contributed by atoms with Crippen molar-refractivity contribution in [2.75, 3.05) is 11.9 Å². The van der Waals surface area contributed by atoms with Gasteiger partial charge in [-0.15, -0.1) is 0 Å². The molecule has 0 saturated heterocycles. The fraction of sp³-hybridized carbons (Fsp3) is 0.176. The quantitative estimate of drug-likeness (QED) is 0.849. The number of pyridine rings is 1. The van der Waals surface area contributed by atoms with Gasteiger partial charge < -0.3 is 10.4 Å². The number of nitrogens with zero attached hydrogens (tertiary/aromatic N) is 1. The summed E-state index contributed by atoms with van der Waals surface area (Å²) in [5.74, 6) is 5.57. The first-order valence-electron chi connectivity index (χ1n) is 6.62. The molecule has 0 saturated carbocycles. The number of carbonyl (C=O) groups excluding carboxylic acids is 1. The monoisotopic (exact) mass is 280 g/mol. The SMILES string of the molecule is Cc1ccc(C(=O)Nc2ccncc2)c(C#CCCO)c1. The highest BCUT2D eigenvalue weighted by molar-refractivity contribution is 6.06. The summed E-state index contributed by atoms with van der Waals surface area (Å²) in [4.78, 5) is 16.2. The Morgan fingerprint density at radius 2 is 2.05 bits per heavy atom. The van der Waals surface area contributed by atoms with Crippen molar-refractivity contribution < 1.29 is 9.90 Å². The number of benzene rings is 1. The van der Waals surface area contributed by atoms with E-state index < -0.39 is 0 Å². The fourth-order valence-electron chi connectivity index (χ4n) is 1.81. The molecule has 0 radical (unpaired) electrons. The number of hydrogen-bond donors (Lipinski definition) is 2. The highest BCUT2D eigenvalue weighted by Gasteiger charge is 2.10. The minimum absolute atomic E-state index is 0.0113. The Morgan fingerprint density at radius 3 is 2.76 bits per heavy atom. The van der Waals surface area contributed by atoms with Gasteiger partial charge in [0.2, 0.25) is 0 Å². The molecule has 1 aromatic carbocycles. The van der Waals surface area contributed by atoms with E-state index in [9.17, 15) is 4.79 Å². The van der Waals surface area contributed by atoms with Crippen molar-refractivity contribution in [1.29, 1.82) is 0 Å². The van der Waals surface area contributed by atoms with Gasteiger partial charge in [0.25, 0.3) is 5.91 Å². The number of aliphatic hydroxyl groups excluding tert-OH is 1. The molecule has 0 bridgehead atoms. The maximum Gasteiger partial charge on any atom is 0.256 e. The molecule has 0 aliphatic carbocycles. The molecule has 106 valence electrons. The topological polar surface area (TPSA) is 62.2 Å². The van der Waals surface area contributed by atoms with Crippen molar-refractivity contribution in [2.45, 2.75) is 13.3 Å². The number of rotatable bonds is 3. The maximum absolute atomic E-state index is 12.3. The number of carbonyl (C=O) groups is 1. The molecule has 1 aromatic heterocycles. The van der Waals surface area contributed by atoms with Gasteiger partial charge in [-0.25, -0.2) is 0 Å².